The highest BCUT2D eigenvalue weighted by Crippen LogP contribution is 2.28. The van der Waals surface area contributed by atoms with Crippen molar-refractivity contribution in [2.75, 3.05) is 7.11 Å². The lowest BCUT2D eigenvalue weighted by atomic mass is 10.2. The van der Waals surface area contributed by atoms with Gasteiger partial charge in [0.05, 0.1) is 3.57 Å². The van der Waals surface area contributed by atoms with E-state index in [1.165, 1.54) is 0 Å². The van der Waals surface area contributed by atoms with Crippen molar-refractivity contribution in [1.82, 2.24) is 10.1 Å². The molecule has 2 aromatic rings. The van der Waals surface area contributed by atoms with Crippen LogP contribution in [0, 0.1) is 3.57 Å². The number of aromatic nitrogens is 2. The van der Waals surface area contributed by atoms with Crippen LogP contribution >= 0.6 is 22.6 Å². The molecule has 0 aliphatic rings. The molecule has 0 aliphatic heterocycles. The van der Waals surface area contributed by atoms with Gasteiger partial charge >= 0.3 is 0 Å². The van der Waals surface area contributed by atoms with Gasteiger partial charge in [-0.2, -0.15) is 4.98 Å². The van der Waals surface area contributed by atoms with Gasteiger partial charge in [-0.15, -0.1) is 0 Å². The fraction of sp³-hybridized carbons (Fsp3) is 0.385. The van der Waals surface area contributed by atoms with E-state index in [0.717, 1.165) is 16.4 Å². The van der Waals surface area contributed by atoms with Gasteiger partial charge in [0.2, 0.25) is 5.82 Å². The molecule has 1 aromatic heterocycles. The first-order valence-corrected chi connectivity index (χ1v) is 7.08. The maximum Gasteiger partial charge on any atom is 0.258 e. The molecule has 0 amide bonds. The van der Waals surface area contributed by atoms with Gasteiger partial charge in [0.1, 0.15) is 11.9 Å². The minimum absolute atomic E-state index is 0.153. The molecule has 0 bridgehead atoms. The third-order valence-electron chi connectivity index (χ3n) is 2.76. The summed E-state index contributed by atoms with van der Waals surface area (Å²) in [5.74, 6) is 1.13. The number of ether oxygens (including phenoxy) is 1. The molecule has 1 aromatic carbocycles. The third-order valence-corrected chi connectivity index (χ3v) is 3.67. The Hall–Kier alpha value is -1.15. The van der Waals surface area contributed by atoms with Crippen molar-refractivity contribution in [1.29, 1.82) is 0 Å². The van der Waals surface area contributed by atoms with Crippen LogP contribution in [-0.4, -0.2) is 22.4 Å². The maximum absolute atomic E-state index is 9.69. The Balaban J connectivity index is 2.27. The zero-order valence-corrected chi connectivity index (χ0v) is 12.9. The van der Waals surface area contributed by atoms with Gasteiger partial charge < -0.3 is 14.4 Å². The van der Waals surface area contributed by atoms with Gasteiger partial charge in [0.25, 0.3) is 5.89 Å². The first kappa shape index (κ1) is 14.3. The molecule has 0 fully saturated rings. The summed E-state index contributed by atoms with van der Waals surface area (Å²) in [5.41, 5.74) is 0.697. The molecule has 0 spiro atoms. The van der Waals surface area contributed by atoms with Crippen molar-refractivity contribution in [3.63, 3.8) is 0 Å². The molecule has 6 heteroatoms. The molecule has 0 saturated heterocycles. The van der Waals surface area contributed by atoms with Crippen LogP contribution in [0.1, 0.15) is 31.7 Å². The van der Waals surface area contributed by atoms with Crippen molar-refractivity contribution in [3.8, 4) is 17.2 Å². The smallest absolute Gasteiger partial charge is 0.258 e. The van der Waals surface area contributed by atoms with E-state index in [0.29, 0.717) is 17.3 Å². The lowest BCUT2D eigenvalue weighted by Crippen LogP contribution is -2.03. The third kappa shape index (κ3) is 3.24. The lowest BCUT2D eigenvalue weighted by molar-refractivity contribution is 0.0854. The van der Waals surface area contributed by atoms with E-state index in [4.69, 9.17) is 9.26 Å². The number of rotatable bonds is 5. The summed E-state index contributed by atoms with van der Waals surface area (Å²) in [6.45, 7) is 2.07. The van der Waals surface area contributed by atoms with E-state index in [1.807, 2.05) is 6.07 Å². The van der Waals surface area contributed by atoms with Crippen LogP contribution in [0.5, 0.6) is 5.75 Å². The first-order chi connectivity index (χ1) is 9.15. The minimum atomic E-state index is -0.153. The normalized spacial score (nSPS) is 12.6. The van der Waals surface area contributed by atoms with Crippen molar-refractivity contribution >= 4 is 22.6 Å². The van der Waals surface area contributed by atoms with Crippen LogP contribution in [0.2, 0.25) is 0 Å². The largest absolute Gasteiger partial charge is 0.507 e. The molecule has 102 valence electrons. The summed E-state index contributed by atoms with van der Waals surface area (Å²) in [5, 5.41) is 13.6. The maximum atomic E-state index is 9.69. The quantitative estimate of drug-likeness (QED) is 0.811. The van der Waals surface area contributed by atoms with Gasteiger partial charge in [-0.3, -0.25) is 0 Å². The van der Waals surface area contributed by atoms with E-state index in [-0.39, 0.29) is 11.9 Å². The number of methoxy groups -OCH3 is 1. The molecule has 19 heavy (non-hydrogen) atoms. The second-order valence-electron chi connectivity index (χ2n) is 4.14. The second-order valence-corrected chi connectivity index (χ2v) is 5.30. The van der Waals surface area contributed by atoms with Crippen LogP contribution in [0.3, 0.4) is 0 Å². The number of nitrogens with zero attached hydrogens (tertiary/aromatic N) is 2. The summed E-state index contributed by atoms with van der Waals surface area (Å²) in [6, 6.07) is 5.25. The monoisotopic (exact) mass is 374 g/mol. The lowest BCUT2D eigenvalue weighted by Gasteiger charge is -2.08. The number of hydrogen-bond donors (Lipinski definition) is 1. The van der Waals surface area contributed by atoms with Crippen molar-refractivity contribution in [2.45, 2.75) is 25.9 Å². The SMILES string of the molecule is CCCC(OC)c1noc(-c2ccc(I)c(O)c2)n1. The minimum Gasteiger partial charge on any atom is -0.507 e. The zero-order valence-electron chi connectivity index (χ0n) is 10.8. The Morgan fingerprint density at radius 2 is 2.26 bits per heavy atom. The zero-order chi connectivity index (χ0) is 13.8. The molecule has 1 N–H and O–H groups in total. The highest BCUT2D eigenvalue weighted by atomic mass is 127. The molecule has 1 heterocycles. The van der Waals surface area contributed by atoms with Crippen LogP contribution < -0.4 is 0 Å². The molecule has 5 nitrogen and oxygen atoms in total. The predicted molar refractivity (Wildman–Crippen MR) is 78.8 cm³/mol. The Kier molecular flexibility index (Phi) is 4.76. The Bertz CT molecular complexity index is 557. The fourth-order valence-corrected chi connectivity index (χ4v) is 2.08. The molecule has 0 aliphatic carbocycles. The Labute approximate surface area is 125 Å². The van der Waals surface area contributed by atoms with Crippen LogP contribution in [-0.2, 0) is 4.74 Å². The van der Waals surface area contributed by atoms with Gasteiger partial charge in [0.15, 0.2) is 0 Å². The molecular weight excluding hydrogens is 359 g/mol. The number of phenols is 1. The fourth-order valence-electron chi connectivity index (χ4n) is 1.74. The van der Waals surface area contributed by atoms with E-state index in [9.17, 15) is 5.11 Å². The van der Waals surface area contributed by atoms with Crippen molar-refractivity contribution < 1.29 is 14.4 Å². The molecule has 1 unspecified atom stereocenters. The van der Waals surface area contributed by atoms with Gasteiger partial charge in [-0.05, 0) is 47.2 Å². The Morgan fingerprint density at radius 1 is 1.47 bits per heavy atom. The summed E-state index contributed by atoms with van der Waals surface area (Å²) in [7, 11) is 1.63. The molecule has 2 rings (SSSR count). The summed E-state index contributed by atoms with van der Waals surface area (Å²) < 4.78 is 11.3. The number of hydrogen-bond acceptors (Lipinski definition) is 5. The van der Waals surface area contributed by atoms with Gasteiger partial charge in [-0.1, -0.05) is 18.5 Å². The molecule has 1 atom stereocenters. The van der Waals surface area contributed by atoms with Crippen LogP contribution in [0.15, 0.2) is 22.7 Å². The number of aromatic hydroxyl groups is 1. The molecule has 0 saturated carbocycles. The summed E-state index contributed by atoms with van der Waals surface area (Å²) in [4.78, 5) is 4.32. The van der Waals surface area contributed by atoms with Crippen LogP contribution in [0.4, 0.5) is 0 Å². The highest BCUT2D eigenvalue weighted by Gasteiger charge is 2.18. The van der Waals surface area contributed by atoms with Crippen molar-refractivity contribution in [2.24, 2.45) is 0 Å². The Morgan fingerprint density at radius 3 is 2.89 bits per heavy atom. The van der Waals surface area contributed by atoms with E-state index >= 15 is 0 Å². The van der Waals surface area contributed by atoms with E-state index < -0.39 is 0 Å². The standard InChI is InChI=1S/C13H15IN2O3/c1-3-4-11(18-2)12-15-13(19-16-12)8-5-6-9(14)10(17)7-8/h5-7,11,17H,3-4H2,1-2H3. The average molecular weight is 374 g/mol. The average Bonchev–Trinajstić information content (AvgIpc) is 2.88. The van der Waals surface area contributed by atoms with Crippen LogP contribution in [0.25, 0.3) is 11.5 Å². The summed E-state index contributed by atoms with van der Waals surface area (Å²) >= 11 is 2.06. The highest BCUT2D eigenvalue weighted by molar-refractivity contribution is 14.1. The second kappa shape index (κ2) is 6.33. The van der Waals surface area contributed by atoms with E-state index in [1.54, 1.807) is 19.2 Å². The number of halogens is 1. The number of phenolic OH excluding ortho intramolecular Hbond substituents is 1. The first-order valence-electron chi connectivity index (χ1n) is 6.01. The predicted octanol–water partition coefficient (Wildman–Crippen LogP) is 3.53. The van der Waals surface area contributed by atoms with Gasteiger partial charge in [-0.25, -0.2) is 0 Å². The number of benzene rings is 1. The topological polar surface area (TPSA) is 68.4 Å². The van der Waals surface area contributed by atoms with Gasteiger partial charge in [0, 0.05) is 12.7 Å². The molecular formula is C13H15IN2O3. The molecule has 0 radical (unpaired) electrons. The van der Waals surface area contributed by atoms with E-state index in [2.05, 4.69) is 39.7 Å². The summed E-state index contributed by atoms with van der Waals surface area (Å²) in [6.07, 6.45) is 1.67. The van der Waals surface area contributed by atoms with Crippen molar-refractivity contribution in [3.05, 3.63) is 27.6 Å².